The van der Waals surface area contributed by atoms with E-state index in [2.05, 4.69) is 15.4 Å². The fourth-order valence-corrected chi connectivity index (χ4v) is 8.34. The first kappa shape index (κ1) is 34.8. The first-order chi connectivity index (χ1) is 25.3. The monoisotopic (exact) mass is 747 g/mol. The molecule has 5 aromatic rings. The Morgan fingerprint density at radius 2 is 1.94 bits per heavy atom. The number of pyridine rings is 1. The van der Waals surface area contributed by atoms with Gasteiger partial charge in [0.25, 0.3) is 11.5 Å². The summed E-state index contributed by atoms with van der Waals surface area (Å²) in [5.41, 5.74) is 0.480. The van der Waals surface area contributed by atoms with Crippen LogP contribution < -0.4 is 10.9 Å². The lowest BCUT2D eigenvalue weighted by Crippen LogP contribution is -2.46. The third-order valence-corrected chi connectivity index (χ3v) is 10.9. The average molecular weight is 748 g/mol. The molecule has 1 aliphatic carbocycles. The van der Waals surface area contributed by atoms with E-state index in [0.717, 1.165) is 29.2 Å². The van der Waals surface area contributed by atoms with Crippen LogP contribution in [0.1, 0.15) is 71.5 Å². The van der Waals surface area contributed by atoms with Gasteiger partial charge in [-0.2, -0.15) is 22.7 Å². The quantitative estimate of drug-likeness (QED) is 0.225. The second-order valence-electron chi connectivity index (χ2n) is 13.8. The van der Waals surface area contributed by atoms with E-state index in [1.54, 1.807) is 27.8 Å². The van der Waals surface area contributed by atoms with Crippen molar-refractivity contribution in [1.82, 2.24) is 29.0 Å². The van der Waals surface area contributed by atoms with Crippen molar-refractivity contribution in [3.63, 3.8) is 0 Å². The number of aromatic nitrogens is 5. The maximum absolute atomic E-state index is 14.5. The fourth-order valence-electron chi connectivity index (χ4n) is 8.11. The molecular weight excluding hydrogens is 715 g/mol. The van der Waals surface area contributed by atoms with Crippen molar-refractivity contribution in [1.29, 1.82) is 0 Å². The van der Waals surface area contributed by atoms with Gasteiger partial charge in [0, 0.05) is 41.3 Å². The third-order valence-electron chi connectivity index (χ3n) is 10.6. The highest BCUT2D eigenvalue weighted by atomic mass is 35.5. The molecule has 0 bridgehead atoms. The number of phenolic OH excluding ortho intramolecular Hbond substituents is 1. The number of aromatic hydroxyl groups is 1. The van der Waals surface area contributed by atoms with Gasteiger partial charge >= 0.3 is 6.18 Å². The summed E-state index contributed by atoms with van der Waals surface area (Å²) in [6, 6.07) is 9.45. The minimum atomic E-state index is -4.61. The molecule has 2 aliphatic heterocycles. The smallest absolute Gasteiger partial charge is 0.416 e. The summed E-state index contributed by atoms with van der Waals surface area (Å²) in [6.45, 7) is 3.06. The Morgan fingerprint density at radius 3 is 2.66 bits per heavy atom. The number of carbonyl (C=O) groups is 2. The van der Waals surface area contributed by atoms with Crippen LogP contribution in [0.25, 0.3) is 22.3 Å². The largest absolute Gasteiger partial charge is 0.507 e. The van der Waals surface area contributed by atoms with Gasteiger partial charge < -0.3 is 24.6 Å². The number of benzene rings is 2. The lowest BCUT2D eigenvalue weighted by Gasteiger charge is -2.40. The Morgan fingerprint density at radius 1 is 1.15 bits per heavy atom. The lowest BCUT2D eigenvalue weighted by atomic mass is 9.73. The van der Waals surface area contributed by atoms with Crippen molar-refractivity contribution < 1.29 is 32.6 Å². The zero-order valence-corrected chi connectivity index (χ0v) is 29.2. The Bertz CT molecular complexity index is 2420. The minimum Gasteiger partial charge on any atom is -0.507 e. The predicted octanol–water partition coefficient (Wildman–Crippen LogP) is 5.94. The molecule has 16 heteroatoms. The number of piperidine rings is 1. The molecule has 2 N–H and O–H groups in total. The summed E-state index contributed by atoms with van der Waals surface area (Å²) in [4.78, 5) is 52.8. The van der Waals surface area contributed by atoms with Crippen LogP contribution in [0.3, 0.4) is 0 Å². The Hall–Kier alpha value is -5.28. The van der Waals surface area contributed by atoms with Gasteiger partial charge in [0.1, 0.15) is 17.9 Å². The molecule has 2 amide bonds. The third kappa shape index (κ3) is 6.01. The normalized spacial score (nSPS) is 18.4. The topological polar surface area (TPSA) is 144 Å². The Labute approximate surface area is 304 Å². The fraction of sp³-hybridized carbons (Fsp3) is 0.351. The number of nitrogens with one attached hydrogen (secondary N) is 1. The average Bonchev–Trinajstić information content (AvgIpc) is 3.71. The molecule has 1 atom stereocenters. The molecule has 53 heavy (non-hydrogen) atoms. The molecule has 1 saturated heterocycles. The number of fused-ring (bicyclic) bond motifs is 4. The van der Waals surface area contributed by atoms with E-state index in [9.17, 15) is 32.7 Å². The van der Waals surface area contributed by atoms with E-state index >= 15 is 0 Å². The summed E-state index contributed by atoms with van der Waals surface area (Å²) in [7, 11) is 0. The summed E-state index contributed by atoms with van der Waals surface area (Å²) in [5.74, 6) is -0.832. The number of anilines is 1. The first-order valence-electron chi connectivity index (χ1n) is 17.2. The maximum atomic E-state index is 14.5. The van der Waals surface area contributed by atoms with Gasteiger partial charge in [0.05, 0.1) is 35.0 Å². The highest BCUT2D eigenvalue weighted by Gasteiger charge is 2.49. The zero-order valence-electron chi connectivity index (χ0n) is 28.4. The van der Waals surface area contributed by atoms with E-state index in [1.165, 1.54) is 10.6 Å². The van der Waals surface area contributed by atoms with Crippen molar-refractivity contribution in [2.75, 3.05) is 31.6 Å². The summed E-state index contributed by atoms with van der Waals surface area (Å²) in [5, 5.41) is 18.4. The molecule has 5 heterocycles. The standard InChI is InChI=1S/C37H33ClF3N7O5/c1-20-18-36(10-13-46(14-11-36)33(51)28-26(49)7-4-21-3-2-12-42-30(21)28)29-31(20)47(19-27(50)43-25-6-5-23(17-24(25)38)37(39,40)41)35-44-32(45-48(35)34(29)52)22-8-15-53-16-9-22/h2-8,12,17,20,49H,9-11,13-16,18-19H2,1H3,(H,43,50). The van der Waals surface area contributed by atoms with Gasteiger partial charge in [-0.3, -0.25) is 19.4 Å². The summed E-state index contributed by atoms with van der Waals surface area (Å²) < 4.78 is 48.1. The van der Waals surface area contributed by atoms with E-state index in [-0.39, 0.29) is 51.7 Å². The molecule has 1 fully saturated rings. The van der Waals surface area contributed by atoms with E-state index in [1.807, 2.05) is 19.1 Å². The van der Waals surface area contributed by atoms with Gasteiger partial charge in [-0.05, 0) is 73.6 Å². The molecule has 2 aromatic carbocycles. The number of alkyl halides is 3. The minimum absolute atomic E-state index is 0.00174. The van der Waals surface area contributed by atoms with Gasteiger partial charge in [0.2, 0.25) is 11.7 Å². The summed E-state index contributed by atoms with van der Waals surface area (Å²) >= 11 is 6.16. The van der Waals surface area contributed by atoms with Crippen LogP contribution in [-0.4, -0.2) is 72.3 Å². The van der Waals surface area contributed by atoms with Crippen molar-refractivity contribution in [3.05, 3.63) is 98.3 Å². The molecule has 0 saturated carbocycles. The SMILES string of the molecule is CC1CC2(CCN(C(=O)c3c(O)ccc4cccnc34)CC2)c2c1n(CC(=O)Nc1ccc(C(F)(F)F)cc1Cl)c1nc(C3=CCOCC3)nn1c2=O. The molecule has 8 rings (SSSR count). The summed E-state index contributed by atoms with van der Waals surface area (Å²) in [6.07, 6.45) is 0.780. The molecular formula is C37H33ClF3N7O5. The number of halogens is 4. The van der Waals surface area contributed by atoms with Gasteiger partial charge in [-0.15, -0.1) is 5.10 Å². The Kier molecular flexibility index (Phi) is 8.52. The molecule has 3 aromatic heterocycles. The predicted molar refractivity (Wildman–Crippen MR) is 189 cm³/mol. The lowest BCUT2D eigenvalue weighted by molar-refractivity contribution is -0.137. The highest BCUT2D eigenvalue weighted by Crippen LogP contribution is 2.50. The number of amides is 2. The van der Waals surface area contributed by atoms with Crippen molar-refractivity contribution >= 4 is 51.4 Å². The van der Waals surface area contributed by atoms with Crippen LogP contribution >= 0.6 is 11.6 Å². The van der Waals surface area contributed by atoms with Crippen molar-refractivity contribution in [2.24, 2.45) is 0 Å². The van der Waals surface area contributed by atoms with Crippen LogP contribution in [0, 0.1) is 0 Å². The molecule has 0 radical (unpaired) electrons. The molecule has 1 spiro atoms. The number of phenols is 1. The van der Waals surface area contributed by atoms with Crippen molar-refractivity contribution in [3.8, 4) is 5.75 Å². The number of likely N-dealkylation sites (tertiary alicyclic amines) is 1. The number of carbonyl (C=O) groups excluding carboxylic acids is 2. The van der Waals surface area contributed by atoms with Crippen LogP contribution in [0.15, 0.2) is 59.5 Å². The van der Waals surface area contributed by atoms with Crippen molar-refractivity contribution in [2.45, 2.75) is 56.7 Å². The number of rotatable bonds is 5. The Balaban J connectivity index is 1.16. The zero-order chi connectivity index (χ0) is 37.2. The highest BCUT2D eigenvalue weighted by molar-refractivity contribution is 6.33. The van der Waals surface area contributed by atoms with Crippen LogP contribution in [0.4, 0.5) is 18.9 Å². The van der Waals surface area contributed by atoms with E-state index in [4.69, 9.17) is 21.3 Å². The number of hydrogen-bond acceptors (Lipinski definition) is 8. The molecule has 12 nitrogen and oxygen atoms in total. The number of hydrogen-bond donors (Lipinski definition) is 2. The number of nitrogens with zero attached hydrogens (tertiary/aromatic N) is 6. The molecule has 3 aliphatic rings. The van der Waals surface area contributed by atoms with Crippen LogP contribution in [-0.2, 0) is 27.7 Å². The van der Waals surface area contributed by atoms with Gasteiger partial charge in [-0.1, -0.05) is 30.7 Å². The van der Waals surface area contributed by atoms with E-state index in [0.29, 0.717) is 74.6 Å². The van der Waals surface area contributed by atoms with Crippen LogP contribution in [0.5, 0.6) is 5.75 Å². The second-order valence-corrected chi connectivity index (χ2v) is 14.2. The number of ether oxygens (including phenoxy) is 1. The first-order valence-corrected chi connectivity index (χ1v) is 17.6. The van der Waals surface area contributed by atoms with Crippen LogP contribution in [0.2, 0.25) is 5.02 Å². The molecule has 274 valence electrons. The van der Waals surface area contributed by atoms with E-state index < -0.39 is 23.1 Å². The van der Waals surface area contributed by atoms with Gasteiger partial charge in [-0.25, -0.2) is 0 Å². The maximum Gasteiger partial charge on any atom is 0.416 e. The van der Waals surface area contributed by atoms with Gasteiger partial charge in [0.15, 0.2) is 5.82 Å². The second kappa shape index (κ2) is 13.0. The molecule has 1 unspecified atom stereocenters.